The number of sulfonamides is 1. The van der Waals surface area contributed by atoms with E-state index in [1.807, 2.05) is 0 Å². The van der Waals surface area contributed by atoms with E-state index < -0.39 is 44.1 Å². The normalized spacial score (nSPS) is 20.9. The first-order valence-corrected chi connectivity index (χ1v) is 10.8. The smallest absolute Gasteiger partial charge is 0.343 e. The van der Waals surface area contributed by atoms with Gasteiger partial charge in [-0.2, -0.15) is 4.31 Å². The van der Waals surface area contributed by atoms with Crippen LogP contribution in [0.5, 0.6) is 0 Å². The number of halogens is 2. The van der Waals surface area contributed by atoms with Crippen LogP contribution in [-0.2, 0) is 19.6 Å². The maximum Gasteiger partial charge on any atom is 0.343 e. The summed E-state index contributed by atoms with van der Waals surface area (Å²) >= 11 is 1.23. The number of benzene rings is 1. The number of methoxy groups -OCH3 is 1. The molecule has 0 aliphatic carbocycles. The van der Waals surface area contributed by atoms with E-state index in [1.165, 1.54) is 11.8 Å². The summed E-state index contributed by atoms with van der Waals surface area (Å²) in [4.78, 5) is 25.0. The van der Waals surface area contributed by atoms with Gasteiger partial charge in [0.1, 0.15) is 22.3 Å². The monoisotopic (exact) mass is 420 g/mol. The molecule has 3 rings (SSSR count). The third-order valence-corrected chi connectivity index (χ3v) is 7.62. The van der Waals surface area contributed by atoms with Gasteiger partial charge < -0.3 is 9.64 Å². The lowest BCUT2D eigenvalue weighted by Gasteiger charge is -2.26. The number of carbonyl (C=O) groups is 2. The number of hydrogen-bond donors (Lipinski definition) is 0. The van der Waals surface area contributed by atoms with Crippen molar-refractivity contribution in [2.45, 2.75) is 23.8 Å². The zero-order valence-electron chi connectivity index (χ0n) is 14.5. The molecule has 0 bridgehead atoms. The molecular weight excluding hydrogens is 402 g/mol. The number of ether oxygens (including phenoxy) is 1. The predicted octanol–water partition coefficient (Wildman–Crippen LogP) is 1.44. The van der Waals surface area contributed by atoms with Crippen molar-refractivity contribution in [3.63, 3.8) is 0 Å². The number of carbonyl (C=O) groups excluding carboxylic acids is 2. The van der Waals surface area contributed by atoms with Crippen molar-refractivity contribution in [2.24, 2.45) is 0 Å². The summed E-state index contributed by atoms with van der Waals surface area (Å²) in [5, 5.41) is 0. The van der Waals surface area contributed by atoms with Crippen LogP contribution in [-0.4, -0.2) is 67.4 Å². The van der Waals surface area contributed by atoms with E-state index in [2.05, 4.69) is 4.74 Å². The van der Waals surface area contributed by atoms with Gasteiger partial charge in [-0.25, -0.2) is 22.0 Å². The molecule has 11 heteroatoms. The first-order valence-electron chi connectivity index (χ1n) is 8.23. The van der Waals surface area contributed by atoms with Crippen LogP contribution in [0.25, 0.3) is 0 Å². The number of nitrogens with zero attached hydrogens (tertiary/aromatic N) is 2. The Morgan fingerprint density at radius 1 is 1.22 bits per heavy atom. The average molecular weight is 420 g/mol. The summed E-state index contributed by atoms with van der Waals surface area (Å²) in [6.45, 7) is 1.12. The Balaban J connectivity index is 1.98. The lowest BCUT2D eigenvalue weighted by atomic mass is 10.2. The number of likely N-dealkylation sites (tertiary alicyclic amines) is 1. The number of esters is 1. The lowest BCUT2D eigenvalue weighted by molar-refractivity contribution is -0.133. The minimum Gasteiger partial charge on any atom is -0.465 e. The molecule has 0 spiro atoms. The highest BCUT2D eigenvalue weighted by molar-refractivity contribution is 8.00. The topological polar surface area (TPSA) is 84.0 Å². The minimum atomic E-state index is -4.46. The number of thioether (sulfide) groups is 1. The molecular formula is C16H18F2N2O5S2. The van der Waals surface area contributed by atoms with Gasteiger partial charge in [0.25, 0.3) is 0 Å². The first-order chi connectivity index (χ1) is 12.8. The molecule has 0 saturated carbocycles. The second-order valence-electron chi connectivity index (χ2n) is 6.17. The highest BCUT2D eigenvalue weighted by Crippen LogP contribution is 2.32. The van der Waals surface area contributed by atoms with Crippen LogP contribution in [0.1, 0.15) is 23.2 Å². The van der Waals surface area contributed by atoms with Gasteiger partial charge in [0, 0.05) is 18.8 Å². The summed E-state index contributed by atoms with van der Waals surface area (Å²) in [5.74, 6) is -4.16. The number of amides is 1. The Morgan fingerprint density at radius 2 is 1.89 bits per heavy atom. The minimum absolute atomic E-state index is 0.0308. The van der Waals surface area contributed by atoms with E-state index in [4.69, 9.17) is 0 Å². The average Bonchev–Trinajstić information content (AvgIpc) is 3.32. The van der Waals surface area contributed by atoms with Gasteiger partial charge in [-0.3, -0.25) is 4.79 Å². The van der Waals surface area contributed by atoms with Gasteiger partial charge in [0.05, 0.1) is 13.0 Å². The van der Waals surface area contributed by atoms with Crippen LogP contribution < -0.4 is 0 Å². The Morgan fingerprint density at radius 3 is 2.52 bits per heavy atom. The van der Waals surface area contributed by atoms with Gasteiger partial charge in [-0.05, 0) is 25.0 Å². The van der Waals surface area contributed by atoms with Crippen molar-refractivity contribution in [1.82, 2.24) is 9.21 Å². The molecule has 0 aromatic heterocycles. The van der Waals surface area contributed by atoms with Crippen LogP contribution in [0.15, 0.2) is 17.0 Å². The van der Waals surface area contributed by atoms with E-state index in [1.54, 1.807) is 4.90 Å². The van der Waals surface area contributed by atoms with Crippen LogP contribution in [0.4, 0.5) is 8.78 Å². The fourth-order valence-electron chi connectivity index (χ4n) is 3.16. The molecule has 1 aromatic rings. The van der Waals surface area contributed by atoms with E-state index >= 15 is 0 Å². The SMILES string of the molecule is COC(=O)c1c(F)ccc(S(=O)(=O)N2CSC[C@H]2C(=O)N2CCCC2)c1F. The second kappa shape index (κ2) is 7.72. The van der Waals surface area contributed by atoms with Crippen molar-refractivity contribution in [3.05, 3.63) is 29.3 Å². The number of hydrogen-bond acceptors (Lipinski definition) is 6. The van der Waals surface area contributed by atoms with Crippen LogP contribution in [0, 0.1) is 11.6 Å². The third kappa shape index (κ3) is 3.55. The van der Waals surface area contributed by atoms with Crippen LogP contribution in [0.3, 0.4) is 0 Å². The molecule has 1 amide bonds. The molecule has 1 aromatic carbocycles. The Bertz CT molecular complexity index is 872. The quantitative estimate of drug-likeness (QED) is 0.686. The third-order valence-electron chi connectivity index (χ3n) is 4.58. The van der Waals surface area contributed by atoms with Crippen molar-refractivity contribution < 1.29 is 31.5 Å². The standard InChI is InChI=1S/C16H18F2N2O5S2/c1-25-16(22)13-10(17)4-5-12(14(13)18)27(23,24)20-9-26-8-11(20)15(21)19-6-2-3-7-19/h4-5,11H,2-3,6-9H2,1H3/t11-/m0/s1. The van der Waals surface area contributed by atoms with Crippen LogP contribution >= 0.6 is 11.8 Å². The molecule has 27 heavy (non-hydrogen) atoms. The first kappa shape index (κ1) is 20.0. The summed E-state index contributed by atoms with van der Waals surface area (Å²) in [5.41, 5.74) is -1.08. The molecule has 2 fully saturated rings. The predicted molar refractivity (Wildman–Crippen MR) is 93.6 cm³/mol. The molecule has 0 unspecified atom stereocenters. The zero-order valence-corrected chi connectivity index (χ0v) is 16.1. The Hall–Kier alpha value is -1.72. The van der Waals surface area contributed by atoms with Gasteiger partial charge in [0.2, 0.25) is 15.9 Å². The van der Waals surface area contributed by atoms with Crippen LogP contribution in [0.2, 0.25) is 0 Å². The molecule has 148 valence electrons. The van der Waals surface area contributed by atoms with Crippen molar-refractivity contribution >= 4 is 33.7 Å². The van der Waals surface area contributed by atoms with Gasteiger partial charge >= 0.3 is 5.97 Å². The Kier molecular flexibility index (Phi) is 5.73. The summed E-state index contributed by atoms with van der Waals surface area (Å²) in [7, 11) is -3.52. The van der Waals surface area contributed by atoms with Gasteiger partial charge in [-0.1, -0.05) is 0 Å². The summed E-state index contributed by atoms with van der Waals surface area (Å²) in [6.07, 6.45) is 1.71. The molecule has 2 aliphatic rings. The lowest BCUT2D eigenvalue weighted by Crippen LogP contribution is -2.48. The van der Waals surface area contributed by atoms with E-state index in [-0.39, 0.29) is 17.5 Å². The van der Waals surface area contributed by atoms with E-state index in [0.29, 0.717) is 19.2 Å². The highest BCUT2D eigenvalue weighted by Gasteiger charge is 2.43. The fourth-order valence-corrected chi connectivity index (χ4v) is 6.36. The highest BCUT2D eigenvalue weighted by atomic mass is 32.2. The van der Waals surface area contributed by atoms with Gasteiger partial charge in [-0.15, -0.1) is 11.8 Å². The maximum absolute atomic E-state index is 14.7. The molecule has 1 atom stereocenters. The summed E-state index contributed by atoms with van der Waals surface area (Å²) in [6, 6.07) is 0.499. The molecule has 2 aliphatic heterocycles. The van der Waals surface area contributed by atoms with Gasteiger partial charge in [0.15, 0.2) is 5.82 Å². The van der Waals surface area contributed by atoms with Crippen molar-refractivity contribution in [1.29, 1.82) is 0 Å². The molecule has 0 radical (unpaired) electrons. The molecule has 2 saturated heterocycles. The maximum atomic E-state index is 14.7. The van der Waals surface area contributed by atoms with Crippen molar-refractivity contribution in [2.75, 3.05) is 31.8 Å². The second-order valence-corrected chi connectivity index (χ2v) is 9.03. The Labute approximate surface area is 159 Å². The zero-order chi connectivity index (χ0) is 19.8. The fraction of sp³-hybridized carbons (Fsp3) is 0.500. The summed E-state index contributed by atoms with van der Waals surface area (Å²) < 4.78 is 59.7. The molecule has 2 heterocycles. The molecule has 7 nitrogen and oxygen atoms in total. The van der Waals surface area contributed by atoms with E-state index in [9.17, 15) is 26.8 Å². The molecule has 0 N–H and O–H groups in total. The largest absolute Gasteiger partial charge is 0.465 e. The van der Waals surface area contributed by atoms with E-state index in [0.717, 1.165) is 30.3 Å². The van der Waals surface area contributed by atoms with Crippen molar-refractivity contribution in [3.8, 4) is 0 Å². The number of rotatable bonds is 4.